The van der Waals surface area contributed by atoms with Crippen LogP contribution in [0.2, 0.25) is 0 Å². The average Bonchev–Trinajstić information content (AvgIpc) is 2.56. The zero-order valence-corrected chi connectivity index (χ0v) is 13.9. The van der Waals surface area contributed by atoms with E-state index in [1.807, 2.05) is 20.8 Å². The third-order valence-electron chi connectivity index (χ3n) is 3.17. The minimum absolute atomic E-state index is 0. The minimum Gasteiger partial charge on any atom is -1.00 e. The van der Waals surface area contributed by atoms with Crippen molar-refractivity contribution in [1.82, 2.24) is 4.90 Å². The maximum absolute atomic E-state index is 11.7. The van der Waals surface area contributed by atoms with Gasteiger partial charge in [0.2, 0.25) is 0 Å². The molecular formula is C12H20NNaO5. The Balaban J connectivity index is 0.00000180. The number of ether oxygens (including phenoxy) is 2. The Morgan fingerprint density at radius 1 is 1.42 bits per heavy atom. The number of aliphatic carboxylic acids is 1. The van der Waals surface area contributed by atoms with Crippen LogP contribution in [0.15, 0.2) is 0 Å². The number of likely N-dealkylation sites (tertiary alicyclic amines) is 1. The number of carbonyl (C=O) groups is 2. The Morgan fingerprint density at radius 2 is 2.00 bits per heavy atom. The fraction of sp³-hybridized carbons (Fsp3) is 0.833. The summed E-state index contributed by atoms with van der Waals surface area (Å²) in [6.07, 6.45) is 0.109. The summed E-state index contributed by atoms with van der Waals surface area (Å²) in [5.74, 6) is -1.28. The molecule has 0 aromatic heterocycles. The van der Waals surface area contributed by atoms with Gasteiger partial charge in [-0.3, -0.25) is 4.79 Å². The van der Waals surface area contributed by atoms with Gasteiger partial charge in [-0.15, -0.1) is 0 Å². The van der Waals surface area contributed by atoms with Crippen LogP contribution in [-0.4, -0.2) is 53.0 Å². The number of hydrogen-bond acceptors (Lipinski definition) is 4. The van der Waals surface area contributed by atoms with E-state index < -0.39 is 23.1 Å². The SMILES string of the molecule is CC(C)(C)OC(=O)N1CC2(CC(C(=O)O)CO2)C1.[H-].[Na+]. The zero-order valence-electron chi connectivity index (χ0n) is 12.9. The summed E-state index contributed by atoms with van der Waals surface area (Å²) < 4.78 is 10.8. The molecule has 2 saturated heterocycles. The average molecular weight is 281 g/mol. The summed E-state index contributed by atoms with van der Waals surface area (Å²) in [4.78, 5) is 24.1. The van der Waals surface area contributed by atoms with Crippen LogP contribution in [0, 0.1) is 5.92 Å². The molecule has 19 heavy (non-hydrogen) atoms. The molecule has 0 saturated carbocycles. The first-order valence-electron chi connectivity index (χ1n) is 6.05. The van der Waals surface area contributed by atoms with Crippen LogP contribution in [0.4, 0.5) is 4.79 Å². The van der Waals surface area contributed by atoms with E-state index >= 15 is 0 Å². The van der Waals surface area contributed by atoms with E-state index in [1.54, 1.807) is 4.90 Å². The summed E-state index contributed by atoms with van der Waals surface area (Å²) in [5, 5.41) is 8.91. The van der Waals surface area contributed by atoms with Gasteiger partial charge < -0.3 is 20.9 Å². The van der Waals surface area contributed by atoms with Crippen molar-refractivity contribution in [2.24, 2.45) is 5.92 Å². The molecule has 1 amide bonds. The molecule has 7 heteroatoms. The van der Waals surface area contributed by atoms with Gasteiger partial charge in [0.1, 0.15) is 11.2 Å². The summed E-state index contributed by atoms with van der Waals surface area (Å²) in [6.45, 7) is 6.52. The topological polar surface area (TPSA) is 76.1 Å². The van der Waals surface area contributed by atoms with Gasteiger partial charge in [0.15, 0.2) is 0 Å². The molecule has 6 nitrogen and oxygen atoms in total. The third kappa shape index (κ3) is 3.84. The summed E-state index contributed by atoms with van der Waals surface area (Å²) in [6, 6.07) is 0. The summed E-state index contributed by atoms with van der Waals surface area (Å²) in [7, 11) is 0. The number of rotatable bonds is 1. The number of hydrogen-bond donors (Lipinski definition) is 1. The molecule has 0 aliphatic carbocycles. The Hall–Kier alpha value is -0.300. The Morgan fingerprint density at radius 3 is 2.42 bits per heavy atom. The van der Waals surface area contributed by atoms with Crippen LogP contribution in [0.25, 0.3) is 0 Å². The van der Waals surface area contributed by atoms with Crippen molar-refractivity contribution in [3.8, 4) is 0 Å². The third-order valence-corrected chi connectivity index (χ3v) is 3.17. The van der Waals surface area contributed by atoms with Crippen molar-refractivity contribution < 1.29 is 55.2 Å². The van der Waals surface area contributed by atoms with Gasteiger partial charge in [-0.1, -0.05) is 0 Å². The van der Waals surface area contributed by atoms with Crippen molar-refractivity contribution in [2.75, 3.05) is 19.7 Å². The van der Waals surface area contributed by atoms with Gasteiger partial charge in [0, 0.05) is 0 Å². The van der Waals surface area contributed by atoms with Crippen LogP contribution in [-0.2, 0) is 14.3 Å². The molecule has 1 N–H and O–H groups in total. The molecule has 2 heterocycles. The maximum Gasteiger partial charge on any atom is 1.00 e. The molecule has 0 radical (unpaired) electrons. The first kappa shape index (κ1) is 16.8. The molecule has 1 unspecified atom stereocenters. The van der Waals surface area contributed by atoms with Crippen LogP contribution in [0.3, 0.4) is 0 Å². The molecule has 0 bridgehead atoms. The van der Waals surface area contributed by atoms with Gasteiger partial charge in [-0.25, -0.2) is 4.79 Å². The predicted octanol–water partition coefficient (Wildman–Crippen LogP) is -1.79. The standard InChI is InChI=1S/C12H19NO5.Na.H/c1-11(2,3)18-10(16)13-6-12(7-13)4-8(5-17-12)9(14)15;;/h8H,4-7H2,1-3H3,(H,14,15);;/q;+1;-1. The van der Waals surface area contributed by atoms with Crippen LogP contribution in [0.5, 0.6) is 0 Å². The number of carbonyl (C=O) groups excluding carboxylic acids is 1. The molecule has 2 rings (SSSR count). The molecule has 104 valence electrons. The molecule has 2 aliphatic heterocycles. The number of carboxylic acid groups (broad SMARTS) is 1. The van der Waals surface area contributed by atoms with Crippen molar-refractivity contribution in [2.45, 2.75) is 38.4 Å². The van der Waals surface area contributed by atoms with Gasteiger partial charge >= 0.3 is 41.6 Å². The number of amides is 1. The molecule has 0 aromatic carbocycles. The van der Waals surface area contributed by atoms with E-state index in [1.165, 1.54) is 0 Å². The second kappa shape index (κ2) is 5.60. The Bertz CT molecular complexity index is 379. The van der Waals surface area contributed by atoms with Crippen LogP contribution < -0.4 is 29.6 Å². The smallest absolute Gasteiger partial charge is 1.00 e. The van der Waals surface area contributed by atoms with Crippen LogP contribution in [0.1, 0.15) is 28.6 Å². The summed E-state index contributed by atoms with van der Waals surface area (Å²) in [5.41, 5.74) is -0.972. The van der Waals surface area contributed by atoms with E-state index in [2.05, 4.69) is 0 Å². The van der Waals surface area contributed by atoms with E-state index in [4.69, 9.17) is 14.6 Å². The second-order valence-corrected chi connectivity index (χ2v) is 6.07. The molecular weight excluding hydrogens is 261 g/mol. The monoisotopic (exact) mass is 281 g/mol. The maximum atomic E-state index is 11.7. The first-order chi connectivity index (χ1) is 8.21. The van der Waals surface area contributed by atoms with Crippen LogP contribution >= 0.6 is 0 Å². The van der Waals surface area contributed by atoms with Gasteiger partial charge in [-0.05, 0) is 27.2 Å². The summed E-state index contributed by atoms with van der Waals surface area (Å²) >= 11 is 0. The van der Waals surface area contributed by atoms with Gasteiger partial charge in [-0.2, -0.15) is 0 Å². The molecule has 2 aliphatic rings. The van der Waals surface area contributed by atoms with E-state index in [0.717, 1.165) is 0 Å². The van der Waals surface area contributed by atoms with Gasteiger partial charge in [0.05, 0.1) is 25.6 Å². The van der Waals surface area contributed by atoms with E-state index in [9.17, 15) is 9.59 Å². The first-order valence-corrected chi connectivity index (χ1v) is 6.05. The predicted molar refractivity (Wildman–Crippen MR) is 63.3 cm³/mol. The normalized spacial score (nSPS) is 24.6. The van der Waals surface area contributed by atoms with E-state index in [-0.39, 0.29) is 43.7 Å². The van der Waals surface area contributed by atoms with Crippen molar-refractivity contribution in [3.63, 3.8) is 0 Å². The fourth-order valence-corrected chi connectivity index (χ4v) is 2.33. The Kier molecular flexibility index (Phi) is 4.93. The fourth-order valence-electron chi connectivity index (χ4n) is 2.33. The second-order valence-electron chi connectivity index (χ2n) is 6.07. The molecule has 2 fully saturated rings. The van der Waals surface area contributed by atoms with Crippen molar-refractivity contribution in [1.29, 1.82) is 0 Å². The van der Waals surface area contributed by atoms with E-state index in [0.29, 0.717) is 19.5 Å². The number of carboxylic acids is 1. The van der Waals surface area contributed by atoms with Crippen molar-refractivity contribution in [3.05, 3.63) is 0 Å². The molecule has 0 aromatic rings. The largest absolute Gasteiger partial charge is 1.00 e. The quantitative estimate of drug-likeness (QED) is 0.575. The molecule has 1 atom stereocenters. The number of nitrogens with zero attached hydrogens (tertiary/aromatic N) is 1. The molecule has 1 spiro atoms. The zero-order chi connectivity index (χ0) is 13.6. The minimum atomic E-state index is -0.831. The Labute approximate surface area is 136 Å². The van der Waals surface area contributed by atoms with Gasteiger partial charge in [0.25, 0.3) is 0 Å². The van der Waals surface area contributed by atoms with Crippen molar-refractivity contribution >= 4 is 12.1 Å².